The van der Waals surface area contributed by atoms with E-state index in [1.165, 1.54) is 41.6 Å². The normalized spacial score (nSPS) is 24.8. The standard InChI is InChI=1S/C30H29FN5O8PS/c31-24(45(42,43)44)16-6-9-22-17(13-16)14-23(46-22)25(37)33-20-5-1-3-18-7-8-21(34(18)26(20)38)27(39)36-29(41)35(19-4-2-12-32-15-19)28(40)30(36)10-11-30/h2,4,6,9,12-15,18,20-21,24H,1,3,5,7-8,10-11H2,(H,33,37)(H2,42,43,44)/t18-,20-,21-,24+/m0/s1. The summed E-state index contributed by atoms with van der Waals surface area (Å²) in [6.45, 7) is 0. The Bertz CT molecular complexity index is 1840. The molecule has 4 aliphatic rings. The molecule has 3 N–H and O–H groups in total. The van der Waals surface area contributed by atoms with Gasteiger partial charge < -0.3 is 20.0 Å². The molecule has 1 aromatic carbocycles. The molecule has 0 radical (unpaired) electrons. The van der Waals surface area contributed by atoms with E-state index in [0.717, 1.165) is 21.1 Å². The molecule has 5 heterocycles. The van der Waals surface area contributed by atoms with E-state index in [1.54, 1.807) is 12.1 Å². The van der Waals surface area contributed by atoms with Gasteiger partial charge in [-0.2, -0.15) is 0 Å². The number of urea groups is 1. The van der Waals surface area contributed by atoms with E-state index in [0.29, 0.717) is 55.0 Å². The minimum absolute atomic E-state index is 0.213. The molecule has 3 saturated heterocycles. The predicted molar refractivity (Wildman–Crippen MR) is 162 cm³/mol. The van der Waals surface area contributed by atoms with Gasteiger partial charge >= 0.3 is 13.6 Å². The van der Waals surface area contributed by atoms with Gasteiger partial charge in [0.2, 0.25) is 11.8 Å². The zero-order valence-electron chi connectivity index (χ0n) is 24.2. The highest BCUT2D eigenvalue weighted by Gasteiger charge is 2.68. The van der Waals surface area contributed by atoms with Gasteiger partial charge in [0.1, 0.15) is 17.6 Å². The van der Waals surface area contributed by atoms with Gasteiger partial charge in [-0.3, -0.25) is 28.7 Å². The maximum absolute atomic E-state index is 14.3. The molecule has 4 fully saturated rings. The van der Waals surface area contributed by atoms with E-state index in [9.17, 15) is 42.7 Å². The summed E-state index contributed by atoms with van der Waals surface area (Å²) in [7, 11) is -5.01. The van der Waals surface area contributed by atoms with Crippen LogP contribution in [0.15, 0.2) is 48.8 Å². The molecule has 0 unspecified atom stereocenters. The van der Waals surface area contributed by atoms with Crippen LogP contribution < -0.4 is 10.2 Å². The highest BCUT2D eigenvalue weighted by Crippen LogP contribution is 2.53. The second kappa shape index (κ2) is 11.0. The van der Waals surface area contributed by atoms with Gasteiger partial charge in [0, 0.05) is 16.9 Å². The molecule has 1 saturated carbocycles. The fourth-order valence-corrected chi connectivity index (χ4v) is 8.38. The molecule has 1 spiro atoms. The molecular formula is C30H29FN5O8PS. The molecule has 7 rings (SSSR count). The van der Waals surface area contributed by atoms with Gasteiger partial charge in [0.25, 0.3) is 17.7 Å². The zero-order valence-corrected chi connectivity index (χ0v) is 26.0. The van der Waals surface area contributed by atoms with E-state index < -0.39 is 60.8 Å². The van der Waals surface area contributed by atoms with Crippen LogP contribution in [0, 0.1) is 0 Å². The van der Waals surface area contributed by atoms with E-state index in [-0.39, 0.29) is 22.2 Å². The summed E-state index contributed by atoms with van der Waals surface area (Å²) in [4.78, 5) is 94.5. The zero-order chi connectivity index (χ0) is 32.5. The van der Waals surface area contributed by atoms with Gasteiger partial charge in [-0.25, -0.2) is 19.0 Å². The van der Waals surface area contributed by atoms with Crippen molar-refractivity contribution in [2.75, 3.05) is 4.90 Å². The monoisotopic (exact) mass is 669 g/mol. The lowest BCUT2D eigenvalue weighted by atomic mass is 10.1. The van der Waals surface area contributed by atoms with Crippen LogP contribution in [0.25, 0.3) is 10.1 Å². The number of rotatable bonds is 6. The smallest absolute Gasteiger partial charge is 0.340 e. The fourth-order valence-electron chi connectivity index (χ4n) is 6.88. The van der Waals surface area contributed by atoms with Crippen molar-refractivity contribution in [1.29, 1.82) is 0 Å². The number of fused-ring (bicyclic) bond motifs is 2. The third-order valence-corrected chi connectivity index (χ3v) is 11.3. The topological polar surface area (TPSA) is 178 Å². The maximum Gasteiger partial charge on any atom is 0.363 e. The summed E-state index contributed by atoms with van der Waals surface area (Å²) in [5.41, 5.74) is -1.21. The number of alkyl halides is 1. The second-order valence-corrected chi connectivity index (χ2v) is 14.8. The molecule has 46 heavy (non-hydrogen) atoms. The Morgan fingerprint density at radius 3 is 2.57 bits per heavy atom. The van der Waals surface area contributed by atoms with Gasteiger partial charge in [-0.05, 0) is 86.2 Å². The highest BCUT2D eigenvalue weighted by molar-refractivity contribution is 7.51. The number of benzene rings is 1. The summed E-state index contributed by atoms with van der Waals surface area (Å²) >= 11 is 1.08. The number of carbonyl (C=O) groups is 5. The lowest BCUT2D eigenvalue weighted by molar-refractivity contribution is -0.146. The minimum Gasteiger partial charge on any atom is -0.340 e. The molecule has 2 aromatic heterocycles. The van der Waals surface area contributed by atoms with Crippen LogP contribution in [-0.4, -0.2) is 77.9 Å². The Morgan fingerprint density at radius 1 is 1.09 bits per heavy atom. The molecule has 4 atom stereocenters. The molecule has 0 bridgehead atoms. The number of carbonyl (C=O) groups excluding carboxylic acids is 5. The molecular weight excluding hydrogens is 640 g/mol. The SMILES string of the molecule is O=C(N[C@H]1CCC[C@H]2CC[C@@H](C(=O)N3C(=O)N(c4cccnc4)C(=O)C34CC4)N2C1=O)c1cc2cc([C@H](F)P(=O)(O)O)ccc2s1. The number of aromatic nitrogens is 1. The summed E-state index contributed by atoms with van der Waals surface area (Å²) in [6, 6.07) is 5.70. The Kier molecular flexibility index (Phi) is 7.35. The van der Waals surface area contributed by atoms with Crippen LogP contribution in [-0.2, 0) is 18.9 Å². The number of anilines is 1. The third kappa shape index (κ3) is 4.93. The van der Waals surface area contributed by atoms with Crippen LogP contribution in [0.3, 0.4) is 0 Å². The van der Waals surface area contributed by atoms with E-state index in [1.807, 2.05) is 0 Å². The molecule has 3 aliphatic heterocycles. The summed E-state index contributed by atoms with van der Waals surface area (Å²) in [5.74, 6) is -4.59. The molecule has 13 nitrogen and oxygen atoms in total. The third-order valence-electron chi connectivity index (χ3n) is 9.27. The van der Waals surface area contributed by atoms with Gasteiger partial charge in [0.05, 0.1) is 16.8 Å². The quantitative estimate of drug-likeness (QED) is 0.261. The molecule has 240 valence electrons. The van der Waals surface area contributed by atoms with Crippen molar-refractivity contribution in [2.24, 2.45) is 0 Å². The first-order valence-electron chi connectivity index (χ1n) is 14.9. The first-order valence-corrected chi connectivity index (χ1v) is 17.4. The fraction of sp³-hybridized carbons (Fsp3) is 0.400. The summed E-state index contributed by atoms with van der Waals surface area (Å²) in [6.07, 6.45) is 5.98. The van der Waals surface area contributed by atoms with Crippen molar-refractivity contribution < 1.29 is 42.7 Å². The minimum atomic E-state index is -5.01. The summed E-state index contributed by atoms with van der Waals surface area (Å²) in [5, 5.41) is 3.20. The number of nitrogens with one attached hydrogen (secondary N) is 1. The summed E-state index contributed by atoms with van der Waals surface area (Å²) < 4.78 is 26.2. The van der Waals surface area contributed by atoms with Crippen molar-refractivity contribution >= 4 is 64.4 Å². The van der Waals surface area contributed by atoms with E-state index in [4.69, 9.17) is 0 Å². The van der Waals surface area contributed by atoms with Crippen molar-refractivity contribution in [3.63, 3.8) is 0 Å². The number of halogens is 1. The average molecular weight is 670 g/mol. The van der Waals surface area contributed by atoms with Crippen LogP contribution >= 0.6 is 18.9 Å². The van der Waals surface area contributed by atoms with Gasteiger partial charge in [-0.1, -0.05) is 6.07 Å². The van der Waals surface area contributed by atoms with Crippen LogP contribution in [0.1, 0.15) is 66.1 Å². The lowest BCUT2D eigenvalue weighted by Crippen LogP contribution is -2.57. The lowest BCUT2D eigenvalue weighted by Gasteiger charge is -2.33. The molecule has 3 aromatic rings. The second-order valence-electron chi connectivity index (χ2n) is 12.1. The average Bonchev–Trinajstić information content (AvgIpc) is 3.48. The van der Waals surface area contributed by atoms with Crippen LogP contribution in [0.4, 0.5) is 14.9 Å². The van der Waals surface area contributed by atoms with Gasteiger partial charge in [0.15, 0.2) is 0 Å². The number of hydrogen-bond acceptors (Lipinski definition) is 8. The van der Waals surface area contributed by atoms with Crippen LogP contribution in [0.5, 0.6) is 0 Å². The number of thiophene rings is 1. The number of hydrogen-bond donors (Lipinski definition) is 3. The Balaban J connectivity index is 1.10. The van der Waals surface area contributed by atoms with E-state index in [2.05, 4.69) is 10.3 Å². The first kappa shape index (κ1) is 30.6. The number of nitrogens with zero attached hydrogens (tertiary/aromatic N) is 4. The predicted octanol–water partition coefficient (Wildman–Crippen LogP) is 3.61. The van der Waals surface area contributed by atoms with Crippen molar-refractivity contribution in [3.05, 3.63) is 59.2 Å². The molecule has 1 aliphatic carbocycles. The van der Waals surface area contributed by atoms with Crippen molar-refractivity contribution in [2.45, 2.75) is 74.5 Å². The van der Waals surface area contributed by atoms with Crippen molar-refractivity contribution in [3.8, 4) is 0 Å². The van der Waals surface area contributed by atoms with Crippen molar-refractivity contribution in [1.82, 2.24) is 20.1 Å². The molecule has 16 heteroatoms. The number of pyridine rings is 1. The number of imide groups is 2. The first-order chi connectivity index (χ1) is 21.9. The Morgan fingerprint density at radius 2 is 1.87 bits per heavy atom. The Hall–Kier alpha value is -4.04. The maximum atomic E-state index is 14.3. The van der Waals surface area contributed by atoms with Crippen LogP contribution in [0.2, 0.25) is 0 Å². The van der Waals surface area contributed by atoms with E-state index >= 15 is 0 Å². The molecule has 6 amide bonds. The Labute approximate surface area is 265 Å². The number of amides is 6. The highest BCUT2D eigenvalue weighted by atomic mass is 32.1. The van der Waals surface area contributed by atoms with Gasteiger partial charge in [-0.15, -0.1) is 11.3 Å². The largest absolute Gasteiger partial charge is 0.363 e.